The monoisotopic (exact) mass is 335 g/mol. The smallest absolute Gasteiger partial charge is 0.224 e. The number of carbonyl (C=O) groups excluding carboxylic acids is 1. The van der Waals surface area contributed by atoms with Gasteiger partial charge in [0.1, 0.15) is 0 Å². The summed E-state index contributed by atoms with van der Waals surface area (Å²) in [5.74, 6) is 0.0465. The third-order valence-electron chi connectivity index (χ3n) is 2.89. The molecule has 2 rings (SSSR count). The highest BCUT2D eigenvalue weighted by atomic mass is 79.9. The number of rotatable bonds is 7. The zero-order chi connectivity index (χ0) is 14.2. The Bertz CT molecular complexity index is 539. The predicted molar refractivity (Wildman–Crippen MR) is 84.0 cm³/mol. The first-order valence-electron chi connectivity index (χ1n) is 6.70. The van der Waals surface area contributed by atoms with E-state index in [1.165, 1.54) is 5.56 Å². The van der Waals surface area contributed by atoms with Crippen molar-refractivity contribution in [1.82, 2.24) is 9.78 Å². The number of nitrogens with one attached hydrogen (secondary N) is 1. The van der Waals surface area contributed by atoms with Crippen LogP contribution in [0.15, 0.2) is 42.7 Å². The number of nitrogens with zero attached hydrogens (tertiary/aromatic N) is 2. The SMILES string of the molecule is O=C(CCCCBr)Nc1cnn(Cc2ccccc2)c1. The molecule has 0 fully saturated rings. The molecule has 0 aliphatic rings. The van der Waals surface area contributed by atoms with Gasteiger partial charge in [0.05, 0.1) is 18.4 Å². The van der Waals surface area contributed by atoms with E-state index >= 15 is 0 Å². The molecule has 0 bridgehead atoms. The lowest BCUT2D eigenvalue weighted by Gasteiger charge is -2.02. The molecule has 20 heavy (non-hydrogen) atoms. The molecule has 0 aliphatic heterocycles. The van der Waals surface area contributed by atoms with E-state index in [-0.39, 0.29) is 5.91 Å². The highest BCUT2D eigenvalue weighted by molar-refractivity contribution is 9.09. The van der Waals surface area contributed by atoms with Crippen molar-refractivity contribution in [2.24, 2.45) is 0 Å². The molecule has 1 heterocycles. The first-order valence-corrected chi connectivity index (χ1v) is 7.82. The van der Waals surface area contributed by atoms with Crippen LogP contribution < -0.4 is 5.32 Å². The van der Waals surface area contributed by atoms with Gasteiger partial charge in [-0.05, 0) is 18.4 Å². The van der Waals surface area contributed by atoms with Gasteiger partial charge in [0.25, 0.3) is 0 Å². The standard InChI is InChI=1S/C15H18BrN3O/c16-9-5-4-8-15(20)18-14-10-17-19(12-14)11-13-6-2-1-3-7-13/h1-3,6-7,10,12H,4-5,8-9,11H2,(H,18,20). The molecule has 1 aromatic heterocycles. The molecule has 2 aromatic rings. The van der Waals surface area contributed by atoms with E-state index < -0.39 is 0 Å². The van der Waals surface area contributed by atoms with E-state index in [4.69, 9.17) is 0 Å². The van der Waals surface area contributed by atoms with E-state index in [2.05, 4.69) is 38.5 Å². The highest BCUT2D eigenvalue weighted by Gasteiger charge is 2.04. The molecule has 0 saturated heterocycles. The molecule has 1 aromatic carbocycles. The van der Waals surface area contributed by atoms with Crippen LogP contribution in [-0.4, -0.2) is 21.0 Å². The van der Waals surface area contributed by atoms with Crippen molar-refractivity contribution in [3.8, 4) is 0 Å². The second kappa shape index (κ2) is 7.85. The van der Waals surface area contributed by atoms with E-state index in [1.54, 1.807) is 6.20 Å². The van der Waals surface area contributed by atoms with Crippen molar-refractivity contribution in [3.63, 3.8) is 0 Å². The predicted octanol–water partition coefficient (Wildman–Crippen LogP) is 3.44. The summed E-state index contributed by atoms with van der Waals surface area (Å²) in [6.07, 6.45) is 6.01. The fourth-order valence-corrected chi connectivity index (χ4v) is 2.29. The molecule has 0 aliphatic carbocycles. The van der Waals surface area contributed by atoms with Crippen LogP contribution >= 0.6 is 15.9 Å². The topological polar surface area (TPSA) is 46.9 Å². The first kappa shape index (κ1) is 14.8. The van der Waals surface area contributed by atoms with Crippen LogP contribution in [0.4, 0.5) is 5.69 Å². The molecule has 1 N–H and O–H groups in total. The minimum absolute atomic E-state index is 0.0465. The normalized spacial score (nSPS) is 10.4. The van der Waals surface area contributed by atoms with E-state index in [9.17, 15) is 4.79 Å². The maximum Gasteiger partial charge on any atom is 0.224 e. The Hall–Kier alpha value is -1.62. The molecule has 0 saturated carbocycles. The van der Waals surface area contributed by atoms with Gasteiger partial charge in [-0.25, -0.2) is 0 Å². The molecule has 1 amide bonds. The van der Waals surface area contributed by atoms with Gasteiger partial charge in [-0.3, -0.25) is 9.48 Å². The zero-order valence-electron chi connectivity index (χ0n) is 11.3. The maximum absolute atomic E-state index is 11.7. The summed E-state index contributed by atoms with van der Waals surface area (Å²) < 4.78 is 1.82. The van der Waals surface area contributed by atoms with Gasteiger partial charge in [0.2, 0.25) is 5.91 Å². The highest BCUT2D eigenvalue weighted by Crippen LogP contribution is 2.09. The minimum Gasteiger partial charge on any atom is -0.323 e. The van der Waals surface area contributed by atoms with Crippen LogP contribution in [-0.2, 0) is 11.3 Å². The summed E-state index contributed by atoms with van der Waals surface area (Å²) in [5, 5.41) is 8.06. The fraction of sp³-hybridized carbons (Fsp3) is 0.333. The Kier molecular flexibility index (Phi) is 5.80. The lowest BCUT2D eigenvalue weighted by molar-refractivity contribution is -0.116. The van der Waals surface area contributed by atoms with Crippen molar-refractivity contribution >= 4 is 27.5 Å². The molecular weight excluding hydrogens is 318 g/mol. The summed E-state index contributed by atoms with van der Waals surface area (Å²) >= 11 is 3.36. The largest absolute Gasteiger partial charge is 0.323 e. The number of aromatic nitrogens is 2. The molecule has 0 unspecified atom stereocenters. The number of amides is 1. The molecule has 5 heteroatoms. The first-order chi connectivity index (χ1) is 9.78. The lowest BCUT2D eigenvalue weighted by atomic mass is 10.2. The molecule has 106 valence electrons. The van der Waals surface area contributed by atoms with Crippen LogP contribution in [0.2, 0.25) is 0 Å². The van der Waals surface area contributed by atoms with Crippen LogP contribution in [0.5, 0.6) is 0 Å². The summed E-state index contributed by atoms with van der Waals surface area (Å²) in [7, 11) is 0. The Morgan fingerprint density at radius 2 is 2.05 bits per heavy atom. The van der Waals surface area contributed by atoms with E-state index in [0.717, 1.165) is 23.9 Å². The van der Waals surface area contributed by atoms with Crippen molar-refractivity contribution in [1.29, 1.82) is 0 Å². The van der Waals surface area contributed by atoms with Gasteiger partial charge in [0.15, 0.2) is 0 Å². The molecule has 0 radical (unpaired) electrons. The molecule has 0 atom stereocenters. The number of anilines is 1. The number of carbonyl (C=O) groups is 1. The Morgan fingerprint density at radius 1 is 1.25 bits per heavy atom. The van der Waals surface area contributed by atoms with Crippen molar-refractivity contribution in [3.05, 3.63) is 48.3 Å². The maximum atomic E-state index is 11.7. The summed E-state index contributed by atoms with van der Waals surface area (Å²) in [6, 6.07) is 10.1. The molecule has 4 nitrogen and oxygen atoms in total. The lowest BCUT2D eigenvalue weighted by Crippen LogP contribution is -2.10. The van der Waals surface area contributed by atoms with Gasteiger partial charge < -0.3 is 5.32 Å². The van der Waals surface area contributed by atoms with Gasteiger partial charge in [-0.2, -0.15) is 5.10 Å². The summed E-state index contributed by atoms with van der Waals surface area (Å²) in [4.78, 5) is 11.7. The van der Waals surface area contributed by atoms with Crippen LogP contribution in [0.25, 0.3) is 0 Å². The third-order valence-corrected chi connectivity index (χ3v) is 3.45. The second-order valence-electron chi connectivity index (χ2n) is 4.61. The van der Waals surface area contributed by atoms with Crippen molar-refractivity contribution in [2.75, 3.05) is 10.6 Å². The fourth-order valence-electron chi connectivity index (χ4n) is 1.89. The molecule has 0 spiro atoms. The van der Waals surface area contributed by atoms with Gasteiger partial charge in [0, 0.05) is 17.9 Å². The average Bonchev–Trinajstić information content (AvgIpc) is 2.87. The Morgan fingerprint density at radius 3 is 2.80 bits per heavy atom. The van der Waals surface area contributed by atoms with Gasteiger partial charge >= 0.3 is 0 Å². The van der Waals surface area contributed by atoms with Crippen LogP contribution in [0, 0.1) is 0 Å². The van der Waals surface area contributed by atoms with Crippen LogP contribution in [0.3, 0.4) is 0 Å². The number of hydrogen-bond donors (Lipinski definition) is 1. The van der Waals surface area contributed by atoms with Crippen molar-refractivity contribution < 1.29 is 4.79 Å². The zero-order valence-corrected chi connectivity index (χ0v) is 12.8. The average molecular weight is 336 g/mol. The summed E-state index contributed by atoms with van der Waals surface area (Å²) in [5.41, 5.74) is 1.94. The van der Waals surface area contributed by atoms with Gasteiger partial charge in [-0.15, -0.1) is 0 Å². The number of alkyl halides is 1. The number of benzene rings is 1. The van der Waals surface area contributed by atoms with Gasteiger partial charge in [-0.1, -0.05) is 46.3 Å². The van der Waals surface area contributed by atoms with Crippen molar-refractivity contribution in [2.45, 2.75) is 25.8 Å². The third kappa shape index (κ3) is 4.81. The summed E-state index contributed by atoms with van der Waals surface area (Å²) in [6.45, 7) is 0.709. The molecular formula is C15H18BrN3O. The minimum atomic E-state index is 0.0465. The number of halogens is 1. The quantitative estimate of drug-likeness (QED) is 0.622. The number of unbranched alkanes of at least 4 members (excludes halogenated alkanes) is 1. The second-order valence-corrected chi connectivity index (χ2v) is 5.40. The van der Waals surface area contributed by atoms with Crippen LogP contribution in [0.1, 0.15) is 24.8 Å². The Balaban J connectivity index is 1.84. The number of hydrogen-bond acceptors (Lipinski definition) is 2. The van der Waals surface area contributed by atoms with E-state index in [0.29, 0.717) is 13.0 Å². The van der Waals surface area contributed by atoms with E-state index in [1.807, 2.05) is 29.1 Å². The Labute approximate surface area is 127 Å².